The highest BCUT2D eigenvalue weighted by atomic mass is 16.5. The summed E-state index contributed by atoms with van der Waals surface area (Å²) in [6.07, 6.45) is 9.69. The van der Waals surface area contributed by atoms with Gasteiger partial charge in [0.1, 0.15) is 5.60 Å². The van der Waals surface area contributed by atoms with Crippen molar-refractivity contribution in [2.45, 2.75) is 44.8 Å². The molecule has 0 radical (unpaired) electrons. The maximum atomic E-state index is 12.5. The van der Waals surface area contributed by atoms with Gasteiger partial charge in [-0.15, -0.1) is 0 Å². The fraction of sp³-hybridized carbons (Fsp3) is 0.733. The molecule has 0 aromatic carbocycles. The fourth-order valence-electron chi connectivity index (χ4n) is 3.29. The molecule has 1 atom stereocenters. The van der Waals surface area contributed by atoms with Gasteiger partial charge >= 0.3 is 0 Å². The Morgan fingerprint density at radius 1 is 1.45 bits per heavy atom. The standard InChI is InChI=1S/C15H23N3O2/c1-15(5-2-10-20-15)14(19)18-7-3-13(4-8-18)11-17-9-6-16-12-17/h6,9,12-13H,2-5,7-8,10-11H2,1H3/t15-/m1/s1. The lowest BCUT2D eigenvalue weighted by molar-refractivity contribution is -0.152. The van der Waals surface area contributed by atoms with Gasteiger partial charge in [-0.25, -0.2) is 4.98 Å². The third kappa shape index (κ3) is 2.73. The quantitative estimate of drug-likeness (QED) is 0.844. The van der Waals surface area contributed by atoms with Crippen molar-refractivity contribution >= 4 is 5.91 Å². The first-order valence-electron chi connectivity index (χ1n) is 7.56. The fourth-order valence-corrected chi connectivity index (χ4v) is 3.29. The SMILES string of the molecule is C[C@]1(C(=O)N2CCC(Cn3ccnc3)CC2)CCCO1. The zero-order valence-corrected chi connectivity index (χ0v) is 12.1. The van der Waals surface area contributed by atoms with Crippen molar-refractivity contribution in [3.63, 3.8) is 0 Å². The summed E-state index contributed by atoms with van der Waals surface area (Å²) in [5.74, 6) is 0.835. The number of hydrogen-bond acceptors (Lipinski definition) is 3. The van der Waals surface area contributed by atoms with E-state index in [2.05, 4.69) is 9.55 Å². The van der Waals surface area contributed by atoms with Crippen molar-refractivity contribution in [3.8, 4) is 0 Å². The Hall–Kier alpha value is -1.36. The van der Waals surface area contributed by atoms with Crippen molar-refractivity contribution in [3.05, 3.63) is 18.7 Å². The molecule has 5 nitrogen and oxygen atoms in total. The molecule has 2 saturated heterocycles. The van der Waals surface area contributed by atoms with Crippen molar-refractivity contribution in [1.29, 1.82) is 0 Å². The molecule has 0 saturated carbocycles. The molecule has 3 heterocycles. The van der Waals surface area contributed by atoms with Crippen LogP contribution in [0.3, 0.4) is 0 Å². The first kappa shape index (κ1) is 13.6. The molecule has 1 amide bonds. The van der Waals surface area contributed by atoms with Gasteiger partial charge in [0, 0.05) is 38.6 Å². The van der Waals surface area contributed by atoms with E-state index in [0.717, 1.165) is 51.9 Å². The Kier molecular flexibility index (Phi) is 3.78. The molecule has 0 spiro atoms. The van der Waals surface area contributed by atoms with Crippen LogP contribution in [0.1, 0.15) is 32.6 Å². The van der Waals surface area contributed by atoms with Gasteiger partial charge in [-0.3, -0.25) is 4.79 Å². The van der Waals surface area contributed by atoms with E-state index in [4.69, 9.17) is 4.74 Å². The highest BCUT2D eigenvalue weighted by Crippen LogP contribution is 2.29. The Labute approximate surface area is 119 Å². The van der Waals surface area contributed by atoms with Crippen molar-refractivity contribution < 1.29 is 9.53 Å². The van der Waals surface area contributed by atoms with E-state index in [0.29, 0.717) is 5.92 Å². The number of rotatable bonds is 3. The third-order valence-electron chi connectivity index (χ3n) is 4.60. The van der Waals surface area contributed by atoms with Crippen LogP contribution in [-0.2, 0) is 16.1 Å². The maximum Gasteiger partial charge on any atom is 0.254 e. The Morgan fingerprint density at radius 2 is 2.25 bits per heavy atom. The van der Waals surface area contributed by atoms with Gasteiger partial charge in [0.15, 0.2) is 0 Å². The van der Waals surface area contributed by atoms with Crippen LogP contribution in [0.4, 0.5) is 0 Å². The summed E-state index contributed by atoms with van der Waals surface area (Å²) in [7, 11) is 0. The number of piperidine rings is 1. The van der Waals surface area contributed by atoms with Crippen LogP contribution in [0, 0.1) is 5.92 Å². The van der Waals surface area contributed by atoms with Crippen LogP contribution in [-0.4, -0.2) is 45.7 Å². The molecule has 3 rings (SSSR count). The molecule has 1 aromatic rings. The van der Waals surface area contributed by atoms with E-state index in [1.807, 2.05) is 30.5 Å². The first-order chi connectivity index (χ1) is 9.67. The second-order valence-electron chi connectivity index (χ2n) is 6.18. The minimum Gasteiger partial charge on any atom is -0.365 e. The van der Waals surface area contributed by atoms with Gasteiger partial charge in [-0.2, -0.15) is 0 Å². The summed E-state index contributed by atoms with van der Waals surface area (Å²) in [5, 5.41) is 0. The lowest BCUT2D eigenvalue weighted by Crippen LogP contribution is -2.49. The predicted octanol–water partition coefficient (Wildman–Crippen LogP) is 1.69. The maximum absolute atomic E-state index is 12.5. The first-order valence-corrected chi connectivity index (χ1v) is 7.56. The summed E-state index contributed by atoms with van der Waals surface area (Å²) in [5.41, 5.74) is -0.558. The van der Waals surface area contributed by atoms with E-state index in [1.165, 1.54) is 0 Å². The second-order valence-corrected chi connectivity index (χ2v) is 6.18. The van der Waals surface area contributed by atoms with E-state index >= 15 is 0 Å². The summed E-state index contributed by atoms with van der Waals surface area (Å²) in [6, 6.07) is 0. The van der Waals surface area contributed by atoms with Gasteiger partial charge in [0.05, 0.1) is 6.33 Å². The van der Waals surface area contributed by atoms with Crippen LogP contribution in [0.2, 0.25) is 0 Å². The van der Waals surface area contributed by atoms with Crippen LogP contribution in [0.5, 0.6) is 0 Å². The molecule has 2 fully saturated rings. The minimum atomic E-state index is -0.558. The second kappa shape index (κ2) is 5.56. The van der Waals surface area contributed by atoms with Gasteiger partial charge in [0.2, 0.25) is 0 Å². The van der Waals surface area contributed by atoms with Crippen molar-refractivity contribution in [2.75, 3.05) is 19.7 Å². The number of hydrogen-bond donors (Lipinski definition) is 0. The summed E-state index contributed by atoms with van der Waals surface area (Å²) in [6.45, 7) is 5.39. The number of ether oxygens (including phenoxy) is 1. The highest BCUT2D eigenvalue weighted by molar-refractivity contribution is 5.85. The molecule has 0 unspecified atom stereocenters. The monoisotopic (exact) mass is 277 g/mol. The lowest BCUT2D eigenvalue weighted by Gasteiger charge is -2.36. The Balaban J connectivity index is 1.52. The van der Waals surface area contributed by atoms with Gasteiger partial charge < -0.3 is 14.2 Å². The number of carbonyl (C=O) groups excluding carboxylic acids is 1. The Bertz CT molecular complexity index is 444. The highest BCUT2D eigenvalue weighted by Gasteiger charge is 2.41. The molecule has 1 aromatic heterocycles. The zero-order valence-electron chi connectivity index (χ0n) is 12.1. The van der Waals surface area contributed by atoms with Crippen LogP contribution in [0.15, 0.2) is 18.7 Å². The van der Waals surface area contributed by atoms with Crippen molar-refractivity contribution in [2.24, 2.45) is 5.92 Å². The van der Waals surface area contributed by atoms with Crippen LogP contribution in [0.25, 0.3) is 0 Å². The summed E-state index contributed by atoms with van der Waals surface area (Å²) >= 11 is 0. The average Bonchev–Trinajstić information content (AvgIpc) is 3.11. The normalized spacial score (nSPS) is 27.9. The van der Waals surface area contributed by atoms with Gasteiger partial charge in [0.25, 0.3) is 5.91 Å². The number of likely N-dealkylation sites (tertiary alicyclic amines) is 1. The van der Waals surface area contributed by atoms with Crippen LogP contribution < -0.4 is 0 Å². The zero-order chi connectivity index (χ0) is 14.0. The topological polar surface area (TPSA) is 47.4 Å². The van der Waals surface area contributed by atoms with Crippen LogP contribution >= 0.6 is 0 Å². The molecule has 0 N–H and O–H groups in total. The predicted molar refractivity (Wildman–Crippen MR) is 75.1 cm³/mol. The number of nitrogens with zero attached hydrogens (tertiary/aromatic N) is 3. The molecule has 2 aliphatic rings. The molecule has 110 valence electrons. The number of carbonyl (C=O) groups is 1. The molecular weight excluding hydrogens is 254 g/mol. The van der Waals surface area contributed by atoms with E-state index < -0.39 is 5.60 Å². The van der Waals surface area contributed by atoms with Crippen molar-refractivity contribution in [1.82, 2.24) is 14.5 Å². The average molecular weight is 277 g/mol. The smallest absolute Gasteiger partial charge is 0.254 e. The van der Waals surface area contributed by atoms with E-state index in [1.54, 1.807) is 0 Å². The summed E-state index contributed by atoms with van der Waals surface area (Å²) < 4.78 is 7.79. The molecular formula is C15H23N3O2. The number of aromatic nitrogens is 2. The van der Waals surface area contributed by atoms with Gasteiger partial charge in [-0.05, 0) is 38.5 Å². The molecule has 5 heteroatoms. The third-order valence-corrected chi connectivity index (χ3v) is 4.60. The molecule has 20 heavy (non-hydrogen) atoms. The molecule has 2 aliphatic heterocycles. The van der Waals surface area contributed by atoms with Gasteiger partial charge in [-0.1, -0.05) is 0 Å². The largest absolute Gasteiger partial charge is 0.365 e. The van der Waals surface area contributed by atoms with E-state index in [-0.39, 0.29) is 5.91 Å². The number of imidazole rings is 1. The number of amides is 1. The lowest BCUT2D eigenvalue weighted by atomic mass is 9.94. The van der Waals surface area contributed by atoms with E-state index in [9.17, 15) is 4.79 Å². The molecule has 0 bridgehead atoms. The minimum absolute atomic E-state index is 0.191. The summed E-state index contributed by atoms with van der Waals surface area (Å²) in [4.78, 5) is 18.6. The molecule has 0 aliphatic carbocycles. The Morgan fingerprint density at radius 3 is 2.85 bits per heavy atom.